The Morgan fingerprint density at radius 2 is 2.20 bits per heavy atom. The Hall–Kier alpha value is -1.55. The number of benzene rings is 1. The summed E-state index contributed by atoms with van der Waals surface area (Å²) in [4.78, 5) is 0. The smallest absolute Gasteiger partial charge is 0.537 e. The molecule has 0 spiro atoms. The van der Waals surface area contributed by atoms with Gasteiger partial charge in [0.2, 0.25) is 0 Å². The minimum absolute atomic E-state index is 0.277. The second-order valence-electron chi connectivity index (χ2n) is 2.96. The van der Waals surface area contributed by atoms with Crippen molar-refractivity contribution in [1.29, 1.82) is 5.41 Å². The molecule has 0 aliphatic rings. The van der Waals surface area contributed by atoms with Gasteiger partial charge in [-0.15, -0.1) is 0 Å². The molecule has 0 aliphatic carbocycles. The summed E-state index contributed by atoms with van der Waals surface area (Å²) in [6, 6.07) is 7.50. The van der Waals surface area contributed by atoms with Gasteiger partial charge in [-0.2, -0.15) is 0 Å². The monoisotopic (exact) mass is 202 g/mol. The molecule has 1 radical (unpaired) electrons. The highest BCUT2D eigenvalue weighted by molar-refractivity contribution is 6.20. The van der Waals surface area contributed by atoms with E-state index in [1.54, 1.807) is 13.0 Å². The van der Waals surface area contributed by atoms with Gasteiger partial charge in [0.05, 0.1) is 6.10 Å². The van der Waals surface area contributed by atoms with Gasteiger partial charge in [-0.3, -0.25) is 0 Å². The first-order valence-corrected chi connectivity index (χ1v) is 4.63. The molecule has 3 nitrogen and oxygen atoms in total. The summed E-state index contributed by atoms with van der Waals surface area (Å²) in [5.41, 5.74) is 0.903. The average molecular weight is 202 g/mol. The van der Waals surface area contributed by atoms with Crippen LogP contribution < -0.4 is 4.65 Å². The molecule has 77 valence electrons. The first-order valence-electron chi connectivity index (χ1n) is 4.63. The van der Waals surface area contributed by atoms with E-state index < -0.39 is 0 Å². The number of hydrogen-bond donors (Lipinski definition) is 1. The molecule has 15 heavy (non-hydrogen) atoms. The summed E-state index contributed by atoms with van der Waals surface area (Å²) in [7, 11) is 1.23. The lowest BCUT2D eigenvalue weighted by Crippen LogP contribution is -2.17. The van der Waals surface area contributed by atoms with Crippen LogP contribution in [0.25, 0.3) is 6.08 Å². The molecule has 0 aromatic heterocycles. The van der Waals surface area contributed by atoms with Crippen LogP contribution in [0.1, 0.15) is 12.5 Å². The molecule has 1 aromatic carbocycles. The second kappa shape index (κ2) is 6.04. The van der Waals surface area contributed by atoms with Crippen molar-refractivity contribution in [2.75, 3.05) is 0 Å². The molecule has 1 aromatic rings. The second-order valence-corrected chi connectivity index (χ2v) is 2.96. The Balaban J connectivity index is 2.50. The highest BCUT2D eigenvalue weighted by Crippen LogP contribution is 2.18. The van der Waals surface area contributed by atoms with Crippen molar-refractivity contribution in [1.82, 2.24) is 0 Å². The van der Waals surface area contributed by atoms with Crippen LogP contribution in [0.4, 0.5) is 0 Å². The molecule has 1 atom stereocenters. The van der Waals surface area contributed by atoms with Gasteiger partial charge in [-0.1, -0.05) is 30.9 Å². The zero-order valence-corrected chi connectivity index (χ0v) is 8.64. The fourth-order valence-electron chi connectivity index (χ4n) is 0.963. The molecule has 0 bridgehead atoms. The van der Waals surface area contributed by atoms with E-state index in [4.69, 9.17) is 14.7 Å². The van der Waals surface area contributed by atoms with Crippen LogP contribution in [0.3, 0.4) is 0 Å². The third-order valence-corrected chi connectivity index (χ3v) is 1.82. The highest BCUT2D eigenvalue weighted by Gasteiger charge is 2.04. The summed E-state index contributed by atoms with van der Waals surface area (Å²) in [6.45, 7) is 5.44. The largest absolute Gasteiger partial charge is 0.572 e. The van der Waals surface area contributed by atoms with Crippen molar-refractivity contribution >= 4 is 20.0 Å². The highest BCUT2D eigenvalue weighted by atomic mass is 16.6. The molecule has 1 unspecified atom stereocenters. The normalized spacial score (nSPS) is 11.5. The van der Waals surface area contributed by atoms with Crippen molar-refractivity contribution in [2.24, 2.45) is 0 Å². The van der Waals surface area contributed by atoms with E-state index in [0.717, 1.165) is 5.56 Å². The number of rotatable bonds is 6. The average Bonchev–Trinajstić information content (AvgIpc) is 2.29. The van der Waals surface area contributed by atoms with Crippen LogP contribution in [0, 0.1) is 5.41 Å². The van der Waals surface area contributed by atoms with Crippen molar-refractivity contribution in [2.45, 2.75) is 13.0 Å². The van der Waals surface area contributed by atoms with Crippen LogP contribution in [-0.2, 0) is 4.65 Å². The van der Waals surface area contributed by atoms with Gasteiger partial charge in [0.25, 0.3) is 0 Å². The molecule has 4 heteroatoms. The van der Waals surface area contributed by atoms with Gasteiger partial charge >= 0.3 is 7.69 Å². The quantitative estimate of drug-likeness (QED) is 0.568. The number of hydrogen-bond acceptors (Lipinski definition) is 3. The van der Waals surface area contributed by atoms with Crippen LogP contribution in [-0.4, -0.2) is 20.0 Å². The van der Waals surface area contributed by atoms with E-state index >= 15 is 0 Å². The lowest BCUT2D eigenvalue weighted by atomic mass is 10.2. The Bertz CT molecular complexity index is 341. The Labute approximate surface area is 90.5 Å². The predicted octanol–water partition coefficient (Wildman–Crippen LogP) is 2.30. The predicted molar refractivity (Wildman–Crippen MR) is 62.2 cm³/mol. The van der Waals surface area contributed by atoms with Gasteiger partial charge in [0.15, 0.2) is 0 Å². The van der Waals surface area contributed by atoms with Gasteiger partial charge in [0.1, 0.15) is 5.75 Å². The zero-order valence-electron chi connectivity index (χ0n) is 8.64. The maximum absolute atomic E-state index is 6.93. The Morgan fingerprint density at radius 1 is 1.47 bits per heavy atom. The molecular formula is C11H13BNO2. The molecule has 0 fully saturated rings. The number of para-hydroxylation sites is 1. The van der Waals surface area contributed by atoms with Gasteiger partial charge in [-0.25, -0.2) is 0 Å². The van der Waals surface area contributed by atoms with Crippen molar-refractivity contribution < 1.29 is 9.31 Å². The molecule has 0 heterocycles. The SMILES string of the molecule is C=Cc1ccccc1O[B]OC(C)C=N. The third kappa shape index (κ3) is 3.60. The molecule has 0 saturated heterocycles. The summed E-state index contributed by atoms with van der Waals surface area (Å²) < 4.78 is 10.3. The molecule has 1 rings (SSSR count). The minimum atomic E-state index is -0.277. The summed E-state index contributed by atoms with van der Waals surface area (Å²) in [6.07, 6.45) is 2.63. The molecular weight excluding hydrogens is 189 g/mol. The fraction of sp³-hybridized carbons (Fsp3) is 0.182. The maximum atomic E-state index is 6.93. The van der Waals surface area contributed by atoms with Crippen molar-refractivity contribution in [3.05, 3.63) is 36.4 Å². The standard InChI is InChI=1S/C11H13BNO2/c1-3-10-6-4-5-7-11(10)15-12-14-9(2)8-13/h3-9,13H,1H2,2H3. The Morgan fingerprint density at radius 3 is 2.87 bits per heavy atom. The molecule has 1 N–H and O–H groups in total. The first-order chi connectivity index (χ1) is 7.27. The topological polar surface area (TPSA) is 42.3 Å². The summed E-state index contributed by atoms with van der Waals surface area (Å²) >= 11 is 0. The van der Waals surface area contributed by atoms with Gasteiger partial charge in [0, 0.05) is 11.8 Å². The summed E-state index contributed by atoms with van der Waals surface area (Å²) in [5, 5.41) is 6.93. The van der Waals surface area contributed by atoms with E-state index in [2.05, 4.69) is 6.58 Å². The van der Waals surface area contributed by atoms with Crippen LogP contribution in [0.15, 0.2) is 30.8 Å². The third-order valence-electron chi connectivity index (χ3n) is 1.82. The van der Waals surface area contributed by atoms with E-state index in [0.29, 0.717) is 5.75 Å². The minimum Gasteiger partial charge on any atom is -0.537 e. The van der Waals surface area contributed by atoms with E-state index in [-0.39, 0.29) is 6.10 Å². The van der Waals surface area contributed by atoms with Crippen molar-refractivity contribution in [3.8, 4) is 5.75 Å². The molecule has 0 aliphatic heterocycles. The Kier molecular flexibility index (Phi) is 4.64. The fourth-order valence-corrected chi connectivity index (χ4v) is 0.963. The van der Waals surface area contributed by atoms with Crippen LogP contribution in [0.5, 0.6) is 5.75 Å². The van der Waals surface area contributed by atoms with E-state index in [1.165, 1.54) is 13.9 Å². The van der Waals surface area contributed by atoms with Crippen molar-refractivity contribution in [3.63, 3.8) is 0 Å². The van der Waals surface area contributed by atoms with E-state index in [9.17, 15) is 0 Å². The van der Waals surface area contributed by atoms with Gasteiger partial charge in [-0.05, 0) is 13.0 Å². The first kappa shape index (κ1) is 11.5. The van der Waals surface area contributed by atoms with Crippen LogP contribution in [0.2, 0.25) is 0 Å². The lowest BCUT2D eigenvalue weighted by molar-refractivity contribution is 0.266. The van der Waals surface area contributed by atoms with E-state index in [1.807, 2.05) is 24.3 Å². The molecule has 0 amide bonds. The summed E-state index contributed by atoms with van der Waals surface area (Å²) in [5.74, 6) is 0.685. The van der Waals surface area contributed by atoms with Gasteiger partial charge < -0.3 is 14.7 Å². The van der Waals surface area contributed by atoms with Crippen LogP contribution >= 0.6 is 0 Å². The number of nitrogens with one attached hydrogen (secondary N) is 1. The zero-order chi connectivity index (χ0) is 11.1. The molecule has 0 saturated carbocycles. The lowest BCUT2D eigenvalue weighted by Gasteiger charge is -2.09. The maximum Gasteiger partial charge on any atom is 0.572 e.